The molecular weight excluding hydrogens is 246 g/mol. The molecule has 0 saturated carbocycles. The van der Waals surface area contributed by atoms with Crippen molar-refractivity contribution in [3.63, 3.8) is 0 Å². The molecule has 0 aliphatic carbocycles. The quantitative estimate of drug-likeness (QED) is 0.819. The van der Waals surface area contributed by atoms with Gasteiger partial charge in [-0.1, -0.05) is 0 Å². The van der Waals surface area contributed by atoms with E-state index in [1.165, 1.54) is 0 Å². The lowest BCUT2D eigenvalue weighted by molar-refractivity contribution is 0.0234. The van der Waals surface area contributed by atoms with Gasteiger partial charge in [0.1, 0.15) is 5.60 Å². The Hall–Kier alpha value is -1.72. The highest BCUT2D eigenvalue weighted by Gasteiger charge is 2.25. The molecule has 0 aromatic carbocycles. The van der Waals surface area contributed by atoms with Gasteiger partial charge in [0.15, 0.2) is 0 Å². The molecule has 1 unspecified atom stereocenters. The van der Waals surface area contributed by atoms with E-state index in [2.05, 4.69) is 5.10 Å². The summed E-state index contributed by atoms with van der Waals surface area (Å²) in [5.41, 5.74) is -0.469. The summed E-state index contributed by atoms with van der Waals surface area (Å²) < 4.78 is 12.7. The van der Waals surface area contributed by atoms with Crippen molar-refractivity contribution in [3.8, 4) is 5.88 Å². The average Bonchev–Trinajstić information content (AvgIpc) is 2.73. The molecule has 106 valence electrons. The highest BCUT2D eigenvalue weighted by molar-refractivity contribution is 5.67. The lowest BCUT2D eigenvalue weighted by Gasteiger charge is -2.29. The Morgan fingerprint density at radius 2 is 2.37 bits per heavy atom. The summed E-state index contributed by atoms with van der Waals surface area (Å²) in [5.74, 6) is 1.01. The molecule has 2 rings (SSSR count). The van der Waals surface area contributed by atoms with Crippen LogP contribution in [-0.4, -0.2) is 46.6 Å². The van der Waals surface area contributed by atoms with Crippen LogP contribution in [0.3, 0.4) is 0 Å². The van der Waals surface area contributed by atoms with Gasteiger partial charge in [0, 0.05) is 25.6 Å². The van der Waals surface area contributed by atoms with Crippen molar-refractivity contribution in [3.05, 3.63) is 12.3 Å². The van der Waals surface area contributed by atoms with Crippen molar-refractivity contribution in [2.75, 3.05) is 20.2 Å². The Balaban J connectivity index is 1.87. The summed E-state index contributed by atoms with van der Waals surface area (Å²) in [6, 6.07) is 1.84. The van der Waals surface area contributed by atoms with Gasteiger partial charge in [-0.2, -0.15) is 5.10 Å². The van der Waals surface area contributed by atoms with E-state index >= 15 is 0 Å². The first-order valence-electron chi connectivity index (χ1n) is 6.44. The van der Waals surface area contributed by atoms with Crippen LogP contribution in [-0.2, 0) is 11.3 Å². The first-order valence-corrected chi connectivity index (χ1v) is 6.44. The van der Waals surface area contributed by atoms with Crippen LogP contribution in [0.5, 0.6) is 5.88 Å². The van der Waals surface area contributed by atoms with Crippen LogP contribution in [0.25, 0.3) is 0 Å². The molecule has 19 heavy (non-hydrogen) atoms. The maximum Gasteiger partial charge on any atom is 0.410 e. The van der Waals surface area contributed by atoms with Crippen molar-refractivity contribution < 1.29 is 14.3 Å². The zero-order chi connectivity index (χ0) is 14.0. The minimum atomic E-state index is -0.469. The van der Waals surface area contributed by atoms with E-state index in [0.717, 1.165) is 12.4 Å². The molecule has 6 nitrogen and oxygen atoms in total. The zero-order valence-corrected chi connectivity index (χ0v) is 11.9. The Kier molecular flexibility index (Phi) is 3.68. The van der Waals surface area contributed by atoms with Gasteiger partial charge in [0.2, 0.25) is 5.88 Å². The molecule has 1 aliphatic rings. The SMILES string of the molecule is CN(CC1COc2ccnn2C1)C(=O)OC(C)(C)C. The van der Waals surface area contributed by atoms with Crippen LogP contribution in [0.2, 0.25) is 0 Å². The van der Waals surface area contributed by atoms with Gasteiger partial charge in [-0.05, 0) is 20.8 Å². The molecule has 1 amide bonds. The standard InChI is InChI=1S/C13H21N3O3/c1-13(2,3)19-12(17)15(4)7-10-8-16-11(18-9-10)5-6-14-16/h5-6,10H,7-9H2,1-4H3. The third kappa shape index (κ3) is 3.62. The number of carbonyl (C=O) groups is 1. The second-order valence-electron chi connectivity index (χ2n) is 5.89. The second kappa shape index (κ2) is 5.11. The first kappa shape index (κ1) is 13.7. The van der Waals surface area contributed by atoms with Crippen LogP contribution in [0.1, 0.15) is 20.8 Å². The number of fused-ring (bicyclic) bond motifs is 1. The summed E-state index contributed by atoms with van der Waals surface area (Å²) in [4.78, 5) is 13.5. The van der Waals surface area contributed by atoms with Gasteiger partial charge in [0.05, 0.1) is 19.3 Å². The second-order valence-corrected chi connectivity index (χ2v) is 5.89. The lowest BCUT2D eigenvalue weighted by Crippen LogP contribution is -2.40. The van der Waals surface area contributed by atoms with Gasteiger partial charge >= 0.3 is 6.09 Å². The normalized spacial score (nSPS) is 18.4. The van der Waals surface area contributed by atoms with Gasteiger partial charge in [0.25, 0.3) is 0 Å². The molecule has 0 spiro atoms. The minimum absolute atomic E-state index is 0.227. The number of hydrogen-bond acceptors (Lipinski definition) is 4. The molecule has 0 radical (unpaired) electrons. The maximum atomic E-state index is 11.9. The molecule has 0 fully saturated rings. The number of amides is 1. The van der Waals surface area contributed by atoms with E-state index in [9.17, 15) is 4.79 Å². The van der Waals surface area contributed by atoms with Crippen molar-refractivity contribution in [2.24, 2.45) is 5.92 Å². The van der Waals surface area contributed by atoms with Crippen molar-refractivity contribution in [1.29, 1.82) is 0 Å². The fraction of sp³-hybridized carbons (Fsp3) is 0.692. The summed E-state index contributed by atoms with van der Waals surface area (Å²) in [7, 11) is 1.74. The predicted octanol–water partition coefficient (Wildman–Crippen LogP) is 1.76. The van der Waals surface area contributed by atoms with E-state index in [-0.39, 0.29) is 12.0 Å². The minimum Gasteiger partial charge on any atom is -0.477 e. The van der Waals surface area contributed by atoms with E-state index in [1.807, 2.05) is 31.5 Å². The fourth-order valence-electron chi connectivity index (χ4n) is 1.99. The van der Waals surface area contributed by atoms with E-state index in [0.29, 0.717) is 13.2 Å². The smallest absolute Gasteiger partial charge is 0.410 e. The highest BCUT2D eigenvalue weighted by atomic mass is 16.6. The molecule has 0 bridgehead atoms. The molecule has 6 heteroatoms. The van der Waals surface area contributed by atoms with Crippen LogP contribution in [0.15, 0.2) is 12.3 Å². The molecule has 1 aromatic rings. The molecular formula is C13H21N3O3. The van der Waals surface area contributed by atoms with Gasteiger partial charge in [-0.25, -0.2) is 9.48 Å². The predicted molar refractivity (Wildman–Crippen MR) is 70.1 cm³/mol. The van der Waals surface area contributed by atoms with E-state index < -0.39 is 5.60 Å². The zero-order valence-electron chi connectivity index (χ0n) is 11.9. The number of aromatic nitrogens is 2. The molecule has 1 atom stereocenters. The topological polar surface area (TPSA) is 56.6 Å². The Labute approximate surface area is 113 Å². The van der Waals surface area contributed by atoms with Gasteiger partial charge in [-0.3, -0.25) is 0 Å². The number of nitrogens with zero attached hydrogens (tertiary/aromatic N) is 3. The molecule has 1 aromatic heterocycles. The highest BCUT2D eigenvalue weighted by Crippen LogP contribution is 2.20. The third-order valence-corrected chi connectivity index (χ3v) is 2.81. The van der Waals surface area contributed by atoms with Crippen LogP contribution < -0.4 is 4.74 Å². The molecule has 0 N–H and O–H groups in total. The van der Waals surface area contributed by atoms with Crippen LogP contribution in [0, 0.1) is 5.92 Å². The third-order valence-electron chi connectivity index (χ3n) is 2.81. The molecule has 2 heterocycles. The largest absolute Gasteiger partial charge is 0.477 e. The number of hydrogen-bond donors (Lipinski definition) is 0. The summed E-state index contributed by atoms with van der Waals surface area (Å²) in [6.45, 7) is 7.53. The van der Waals surface area contributed by atoms with Crippen molar-refractivity contribution in [1.82, 2.24) is 14.7 Å². The monoisotopic (exact) mass is 267 g/mol. The van der Waals surface area contributed by atoms with E-state index in [4.69, 9.17) is 9.47 Å². The summed E-state index contributed by atoms with van der Waals surface area (Å²) >= 11 is 0. The Morgan fingerprint density at radius 3 is 3.05 bits per heavy atom. The first-order chi connectivity index (χ1) is 8.85. The van der Waals surface area contributed by atoms with Crippen LogP contribution >= 0.6 is 0 Å². The average molecular weight is 267 g/mol. The summed E-state index contributed by atoms with van der Waals surface area (Å²) in [6.07, 6.45) is 1.41. The van der Waals surface area contributed by atoms with Crippen molar-refractivity contribution >= 4 is 6.09 Å². The molecule has 0 saturated heterocycles. The fourth-order valence-corrected chi connectivity index (χ4v) is 1.99. The lowest BCUT2D eigenvalue weighted by atomic mass is 10.1. The summed E-state index contributed by atoms with van der Waals surface area (Å²) in [5, 5.41) is 4.18. The Morgan fingerprint density at radius 1 is 1.63 bits per heavy atom. The Bertz CT molecular complexity index is 450. The van der Waals surface area contributed by atoms with Gasteiger partial charge in [-0.15, -0.1) is 0 Å². The van der Waals surface area contributed by atoms with Crippen LogP contribution in [0.4, 0.5) is 4.79 Å². The van der Waals surface area contributed by atoms with Crippen molar-refractivity contribution in [2.45, 2.75) is 32.9 Å². The molecule has 1 aliphatic heterocycles. The maximum absolute atomic E-state index is 11.9. The van der Waals surface area contributed by atoms with E-state index in [1.54, 1.807) is 18.1 Å². The number of carbonyl (C=O) groups excluding carboxylic acids is 1. The number of rotatable bonds is 2. The number of ether oxygens (including phenoxy) is 2. The van der Waals surface area contributed by atoms with Gasteiger partial charge < -0.3 is 14.4 Å².